The number of carbonyl (C=O) groups excluding carboxylic acids is 1. The minimum atomic E-state index is -0.190. The number of nitrogens with one attached hydrogen (secondary N) is 1. The van der Waals surface area contributed by atoms with Crippen molar-refractivity contribution >= 4 is 16.8 Å². The topological polar surface area (TPSA) is 76.5 Å². The quantitative estimate of drug-likeness (QED) is 0.600. The Morgan fingerprint density at radius 3 is 2.82 bits per heavy atom. The van der Waals surface area contributed by atoms with Gasteiger partial charge in [0.2, 0.25) is 0 Å². The van der Waals surface area contributed by atoms with Gasteiger partial charge in [0.1, 0.15) is 18.2 Å². The van der Waals surface area contributed by atoms with E-state index < -0.39 is 0 Å². The molecule has 4 rings (SSSR count). The second kappa shape index (κ2) is 10.6. The predicted octanol–water partition coefficient (Wildman–Crippen LogP) is 3.38. The maximum absolute atomic E-state index is 13.0. The Morgan fingerprint density at radius 2 is 1.97 bits per heavy atom. The first-order valence-corrected chi connectivity index (χ1v) is 11.7. The van der Waals surface area contributed by atoms with E-state index in [0.717, 1.165) is 62.3 Å². The molecule has 0 atom stereocenters. The number of aryl methyl sites for hydroxylation is 1. The van der Waals surface area contributed by atoms with Crippen molar-refractivity contribution in [1.82, 2.24) is 19.8 Å². The van der Waals surface area contributed by atoms with Gasteiger partial charge in [-0.25, -0.2) is 4.98 Å². The van der Waals surface area contributed by atoms with Crippen molar-refractivity contribution in [3.05, 3.63) is 69.8 Å². The zero-order valence-electron chi connectivity index (χ0n) is 19.5. The molecular formula is C26H32N4O3. The van der Waals surface area contributed by atoms with E-state index in [0.29, 0.717) is 29.6 Å². The number of fused-ring (bicyclic) bond motifs is 2. The molecule has 1 aromatic heterocycles. The van der Waals surface area contributed by atoms with Gasteiger partial charge in [0.05, 0.1) is 10.9 Å². The molecule has 0 fully saturated rings. The van der Waals surface area contributed by atoms with Crippen molar-refractivity contribution in [2.45, 2.75) is 45.2 Å². The zero-order valence-corrected chi connectivity index (χ0v) is 19.5. The van der Waals surface area contributed by atoms with E-state index in [1.54, 1.807) is 18.2 Å². The van der Waals surface area contributed by atoms with Crippen molar-refractivity contribution in [1.29, 1.82) is 0 Å². The molecule has 7 nitrogen and oxygen atoms in total. The molecule has 1 aliphatic rings. The summed E-state index contributed by atoms with van der Waals surface area (Å²) in [6.45, 7) is 2.56. The summed E-state index contributed by atoms with van der Waals surface area (Å²) >= 11 is 0. The highest BCUT2D eigenvalue weighted by molar-refractivity contribution is 5.97. The van der Waals surface area contributed by atoms with Gasteiger partial charge in [-0.2, -0.15) is 0 Å². The van der Waals surface area contributed by atoms with Gasteiger partial charge in [-0.3, -0.25) is 14.2 Å². The minimum Gasteiger partial charge on any atom is -0.492 e. The molecule has 0 bridgehead atoms. The third-order valence-corrected chi connectivity index (χ3v) is 5.99. The van der Waals surface area contributed by atoms with E-state index >= 15 is 0 Å². The van der Waals surface area contributed by atoms with Crippen LogP contribution in [0.25, 0.3) is 10.9 Å². The van der Waals surface area contributed by atoms with Gasteiger partial charge in [-0.15, -0.1) is 0 Å². The number of hydrogen-bond donors (Lipinski definition) is 1. The van der Waals surface area contributed by atoms with Crippen molar-refractivity contribution in [2.24, 2.45) is 0 Å². The van der Waals surface area contributed by atoms with E-state index in [1.807, 2.05) is 42.9 Å². The fourth-order valence-corrected chi connectivity index (χ4v) is 4.11. The van der Waals surface area contributed by atoms with Crippen LogP contribution in [0.2, 0.25) is 0 Å². The molecule has 0 saturated heterocycles. The van der Waals surface area contributed by atoms with Gasteiger partial charge in [-0.05, 0) is 62.8 Å². The number of likely N-dealkylation sites (N-methyl/N-ethyl adjacent to an activating group) is 1. The molecule has 0 spiro atoms. The normalized spacial score (nSPS) is 13.9. The monoisotopic (exact) mass is 448 g/mol. The number of amides is 1. The summed E-state index contributed by atoms with van der Waals surface area (Å²) in [5.41, 5.74) is 2.05. The summed E-state index contributed by atoms with van der Waals surface area (Å²) in [6.07, 6.45) is 5.15. The van der Waals surface area contributed by atoms with Crippen LogP contribution >= 0.6 is 0 Å². The summed E-state index contributed by atoms with van der Waals surface area (Å²) in [4.78, 5) is 32.6. The number of benzene rings is 2. The highest BCUT2D eigenvalue weighted by Crippen LogP contribution is 2.17. The Morgan fingerprint density at radius 1 is 1.12 bits per heavy atom. The van der Waals surface area contributed by atoms with Gasteiger partial charge < -0.3 is 15.0 Å². The lowest BCUT2D eigenvalue weighted by Crippen LogP contribution is -2.27. The van der Waals surface area contributed by atoms with E-state index in [4.69, 9.17) is 9.72 Å². The van der Waals surface area contributed by atoms with E-state index in [1.165, 1.54) is 0 Å². The molecule has 0 aliphatic carbocycles. The second-order valence-electron chi connectivity index (χ2n) is 8.86. The second-order valence-corrected chi connectivity index (χ2v) is 8.86. The summed E-state index contributed by atoms with van der Waals surface area (Å²) in [6, 6.07) is 12.9. The molecule has 2 heterocycles. The van der Waals surface area contributed by atoms with Gasteiger partial charge in [-0.1, -0.05) is 25.0 Å². The van der Waals surface area contributed by atoms with Crippen LogP contribution in [0.15, 0.2) is 47.3 Å². The molecule has 0 saturated carbocycles. The average Bonchev–Trinajstić information content (AvgIpc) is 2.78. The average molecular weight is 449 g/mol. The molecular weight excluding hydrogens is 416 g/mol. The standard InChI is InChI=1S/C26H32N4O3/c1-29(2)14-15-33-21-9-7-8-19(16-21)18-27-25(31)20-11-12-22-23(17-20)28-24-10-5-3-4-6-13-30(24)26(22)32/h7-9,11-12,16-17H,3-6,10,13-15,18H2,1-2H3,(H,27,31). The van der Waals surface area contributed by atoms with E-state index in [2.05, 4.69) is 10.2 Å². The molecule has 7 heteroatoms. The number of rotatable bonds is 7. The van der Waals surface area contributed by atoms with Gasteiger partial charge in [0, 0.05) is 31.6 Å². The van der Waals surface area contributed by atoms with Crippen LogP contribution in [0.4, 0.5) is 0 Å². The fourth-order valence-electron chi connectivity index (χ4n) is 4.11. The maximum Gasteiger partial charge on any atom is 0.261 e. The first-order chi connectivity index (χ1) is 16.0. The lowest BCUT2D eigenvalue weighted by molar-refractivity contribution is 0.0951. The summed E-state index contributed by atoms with van der Waals surface area (Å²) < 4.78 is 7.59. The Kier molecular flexibility index (Phi) is 7.40. The number of hydrogen-bond acceptors (Lipinski definition) is 5. The molecule has 33 heavy (non-hydrogen) atoms. The third kappa shape index (κ3) is 5.79. The Bertz CT molecular complexity index is 1190. The molecule has 1 aliphatic heterocycles. The van der Waals surface area contributed by atoms with Crippen molar-refractivity contribution < 1.29 is 9.53 Å². The van der Waals surface area contributed by atoms with Gasteiger partial charge >= 0.3 is 0 Å². The summed E-state index contributed by atoms with van der Waals surface area (Å²) in [7, 11) is 4.01. The molecule has 174 valence electrons. The number of aromatic nitrogens is 2. The summed E-state index contributed by atoms with van der Waals surface area (Å²) in [5.74, 6) is 1.43. The maximum atomic E-state index is 13.0. The highest BCUT2D eigenvalue weighted by atomic mass is 16.5. The summed E-state index contributed by atoms with van der Waals surface area (Å²) in [5, 5.41) is 3.53. The fraction of sp³-hybridized carbons (Fsp3) is 0.423. The zero-order chi connectivity index (χ0) is 23.2. The van der Waals surface area contributed by atoms with E-state index in [9.17, 15) is 9.59 Å². The molecule has 0 radical (unpaired) electrons. The van der Waals surface area contributed by atoms with E-state index in [-0.39, 0.29) is 11.5 Å². The third-order valence-electron chi connectivity index (χ3n) is 5.99. The largest absolute Gasteiger partial charge is 0.492 e. The Balaban J connectivity index is 1.46. The van der Waals surface area contributed by atoms with Crippen LogP contribution < -0.4 is 15.6 Å². The van der Waals surface area contributed by atoms with Gasteiger partial charge in [0.15, 0.2) is 0 Å². The number of ether oxygens (including phenoxy) is 1. The smallest absolute Gasteiger partial charge is 0.261 e. The van der Waals surface area contributed by atoms with Crippen LogP contribution in [-0.2, 0) is 19.5 Å². The molecule has 0 unspecified atom stereocenters. The van der Waals surface area contributed by atoms with Crippen molar-refractivity contribution in [2.75, 3.05) is 27.2 Å². The molecule has 3 aromatic rings. The van der Waals surface area contributed by atoms with Crippen LogP contribution in [0.5, 0.6) is 5.75 Å². The Hall–Kier alpha value is -3.19. The number of carbonyl (C=O) groups is 1. The minimum absolute atomic E-state index is 0.00469. The first kappa shape index (κ1) is 23.0. The van der Waals surface area contributed by atoms with Gasteiger partial charge in [0.25, 0.3) is 11.5 Å². The van der Waals surface area contributed by atoms with Crippen molar-refractivity contribution in [3.8, 4) is 5.75 Å². The molecule has 1 amide bonds. The highest BCUT2D eigenvalue weighted by Gasteiger charge is 2.15. The SMILES string of the molecule is CN(C)CCOc1cccc(CNC(=O)c2ccc3c(=O)n4c(nc3c2)CCCCCC4)c1. The molecule has 1 N–H and O–H groups in total. The van der Waals surface area contributed by atoms with Crippen molar-refractivity contribution in [3.63, 3.8) is 0 Å². The lowest BCUT2D eigenvalue weighted by atomic mass is 10.1. The van der Waals surface area contributed by atoms with Crippen LogP contribution in [0, 0.1) is 0 Å². The lowest BCUT2D eigenvalue weighted by Gasteiger charge is -2.16. The first-order valence-electron chi connectivity index (χ1n) is 11.7. The Labute approximate surface area is 194 Å². The molecule has 2 aromatic carbocycles. The predicted molar refractivity (Wildman–Crippen MR) is 130 cm³/mol. The van der Waals surface area contributed by atoms with Crippen LogP contribution in [0.1, 0.15) is 47.4 Å². The number of nitrogens with zero attached hydrogens (tertiary/aromatic N) is 3. The van der Waals surface area contributed by atoms with Crippen LogP contribution in [-0.4, -0.2) is 47.6 Å². The van der Waals surface area contributed by atoms with Crippen LogP contribution in [0.3, 0.4) is 0 Å².